The van der Waals surface area contributed by atoms with Crippen LogP contribution in [0, 0.1) is 0 Å². The summed E-state index contributed by atoms with van der Waals surface area (Å²) in [4.78, 5) is 11.7. The predicted molar refractivity (Wildman–Crippen MR) is 82.1 cm³/mol. The highest BCUT2D eigenvalue weighted by Crippen LogP contribution is 2.41. The predicted octanol–water partition coefficient (Wildman–Crippen LogP) is 1.90. The zero-order valence-corrected chi connectivity index (χ0v) is 11.6. The minimum atomic E-state index is 0.188. The van der Waals surface area contributed by atoms with E-state index < -0.39 is 0 Å². The number of nitrogens with two attached hydrogens (primary N) is 2. The number of methoxy groups -OCH3 is 1. The van der Waals surface area contributed by atoms with Crippen LogP contribution in [-0.4, -0.2) is 22.1 Å². The zero-order chi connectivity index (χ0) is 14.6. The Morgan fingerprint density at radius 3 is 2.86 bits per heavy atom. The molecule has 4 rings (SSSR count). The number of anilines is 2. The van der Waals surface area contributed by atoms with Gasteiger partial charge < -0.3 is 21.2 Å². The van der Waals surface area contributed by atoms with Gasteiger partial charge in [-0.25, -0.2) is 0 Å². The minimum Gasteiger partial charge on any atom is -0.497 e. The number of H-pyrrole nitrogens is 1. The van der Waals surface area contributed by atoms with Gasteiger partial charge in [0, 0.05) is 11.3 Å². The van der Waals surface area contributed by atoms with Gasteiger partial charge in [-0.2, -0.15) is 9.97 Å². The van der Waals surface area contributed by atoms with Crippen molar-refractivity contribution >= 4 is 22.8 Å². The molecule has 0 bridgehead atoms. The molecule has 1 aliphatic rings. The van der Waals surface area contributed by atoms with Gasteiger partial charge in [-0.1, -0.05) is 6.07 Å². The maximum atomic E-state index is 6.06. The van der Waals surface area contributed by atoms with Crippen molar-refractivity contribution in [2.75, 3.05) is 18.6 Å². The molecule has 6 heteroatoms. The molecule has 2 heterocycles. The first-order valence-electron chi connectivity index (χ1n) is 6.78. The SMILES string of the molecule is COc1ccc2c(c1)CCc1[nH]c3nc(N)nc(N)c3c1-2. The molecule has 0 fully saturated rings. The molecule has 0 spiro atoms. The Morgan fingerprint density at radius 2 is 2.05 bits per heavy atom. The van der Waals surface area contributed by atoms with Gasteiger partial charge in [0.1, 0.15) is 17.2 Å². The van der Waals surface area contributed by atoms with Crippen molar-refractivity contribution in [3.05, 3.63) is 29.5 Å². The van der Waals surface area contributed by atoms with E-state index in [0.29, 0.717) is 11.5 Å². The Morgan fingerprint density at radius 1 is 1.19 bits per heavy atom. The topological polar surface area (TPSA) is 103 Å². The van der Waals surface area contributed by atoms with Crippen molar-refractivity contribution in [1.82, 2.24) is 15.0 Å². The molecule has 0 unspecified atom stereocenters. The second-order valence-corrected chi connectivity index (χ2v) is 5.19. The largest absolute Gasteiger partial charge is 0.497 e. The number of fused-ring (bicyclic) bond motifs is 5. The molecule has 6 nitrogen and oxygen atoms in total. The highest BCUT2D eigenvalue weighted by atomic mass is 16.5. The van der Waals surface area contributed by atoms with E-state index in [2.05, 4.69) is 27.1 Å². The molecule has 0 amide bonds. The van der Waals surface area contributed by atoms with Crippen molar-refractivity contribution in [2.24, 2.45) is 0 Å². The monoisotopic (exact) mass is 281 g/mol. The molecular formula is C15H15N5O. The first-order chi connectivity index (χ1) is 10.2. The first kappa shape index (κ1) is 12.0. The summed E-state index contributed by atoms with van der Waals surface area (Å²) in [5.41, 5.74) is 17.1. The second kappa shape index (κ2) is 4.12. The van der Waals surface area contributed by atoms with Crippen LogP contribution in [0.4, 0.5) is 11.8 Å². The minimum absolute atomic E-state index is 0.188. The van der Waals surface area contributed by atoms with Crippen LogP contribution in [0.15, 0.2) is 18.2 Å². The number of rotatable bonds is 1. The number of aromatic amines is 1. The lowest BCUT2D eigenvalue weighted by Crippen LogP contribution is -2.04. The molecule has 0 saturated carbocycles. The number of hydrogen-bond donors (Lipinski definition) is 3. The van der Waals surface area contributed by atoms with Crippen molar-refractivity contribution < 1.29 is 4.74 Å². The van der Waals surface area contributed by atoms with Gasteiger partial charge in [0.2, 0.25) is 5.95 Å². The van der Waals surface area contributed by atoms with E-state index in [1.54, 1.807) is 7.11 Å². The Labute approximate surface area is 121 Å². The number of aromatic nitrogens is 3. The van der Waals surface area contributed by atoms with E-state index in [0.717, 1.165) is 40.8 Å². The van der Waals surface area contributed by atoms with Gasteiger partial charge in [-0.15, -0.1) is 0 Å². The summed E-state index contributed by atoms with van der Waals surface area (Å²) in [5.74, 6) is 1.47. The highest BCUT2D eigenvalue weighted by Gasteiger charge is 2.24. The summed E-state index contributed by atoms with van der Waals surface area (Å²) in [7, 11) is 1.68. The molecule has 5 N–H and O–H groups in total. The van der Waals surface area contributed by atoms with Crippen LogP contribution in [0.25, 0.3) is 22.2 Å². The second-order valence-electron chi connectivity index (χ2n) is 5.19. The van der Waals surface area contributed by atoms with Crippen LogP contribution in [-0.2, 0) is 12.8 Å². The van der Waals surface area contributed by atoms with Crippen molar-refractivity contribution in [1.29, 1.82) is 0 Å². The van der Waals surface area contributed by atoms with Crippen molar-refractivity contribution in [2.45, 2.75) is 12.8 Å². The Kier molecular flexibility index (Phi) is 2.35. The first-order valence-corrected chi connectivity index (χ1v) is 6.78. The Balaban J connectivity index is 2.05. The summed E-state index contributed by atoms with van der Waals surface area (Å²) >= 11 is 0. The Bertz CT molecular complexity index is 868. The van der Waals surface area contributed by atoms with Gasteiger partial charge in [0.05, 0.1) is 12.5 Å². The number of nitrogens with zero attached hydrogens (tertiary/aromatic N) is 2. The molecule has 106 valence electrons. The fourth-order valence-corrected chi connectivity index (χ4v) is 3.08. The fraction of sp³-hybridized carbons (Fsp3) is 0.200. The molecule has 2 aromatic heterocycles. The summed E-state index contributed by atoms with van der Waals surface area (Å²) in [6.07, 6.45) is 1.86. The number of ether oxygens (including phenoxy) is 1. The number of nitrogens with one attached hydrogen (secondary N) is 1. The molecule has 0 radical (unpaired) electrons. The third-order valence-electron chi connectivity index (χ3n) is 4.00. The number of hydrogen-bond acceptors (Lipinski definition) is 5. The molecular weight excluding hydrogens is 266 g/mol. The van der Waals surface area contributed by atoms with Gasteiger partial charge in [-0.3, -0.25) is 0 Å². The molecule has 0 aliphatic heterocycles. The summed E-state index contributed by atoms with van der Waals surface area (Å²) in [5, 5.41) is 0.852. The molecule has 0 saturated heterocycles. The van der Waals surface area contributed by atoms with Gasteiger partial charge in [0.15, 0.2) is 0 Å². The van der Waals surface area contributed by atoms with Gasteiger partial charge in [0.25, 0.3) is 0 Å². The smallest absolute Gasteiger partial charge is 0.223 e. The standard InChI is InChI=1S/C15H15N5O/c1-21-8-3-4-9-7(6-8)2-5-10-11(9)12-13(16)19-15(17)20-14(12)18-10/h3-4,6H,2,5H2,1H3,(H5,16,17,18,19,20). The third kappa shape index (κ3) is 1.65. The quantitative estimate of drug-likeness (QED) is 0.632. The van der Waals surface area contributed by atoms with E-state index >= 15 is 0 Å². The molecule has 1 aromatic carbocycles. The maximum absolute atomic E-state index is 6.06. The average molecular weight is 281 g/mol. The van der Waals surface area contributed by atoms with Crippen LogP contribution in [0.1, 0.15) is 11.3 Å². The maximum Gasteiger partial charge on any atom is 0.223 e. The lowest BCUT2D eigenvalue weighted by Gasteiger charge is -2.17. The van der Waals surface area contributed by atoms with Crippen molar-refractivity contribution in [3.8, 4) is 16.9 Å². The van der Waals surface area contributed by atoms with Crippen LogP contribution in [0.5, 0.6) is 5.75 Å². The highest BCUT2D eigenvalue weighted by molar-refractivity contribution is 6.03. The lowest BCUT2D eigenvalue weighted by molar-refractivity contribution is 0.414. The third-order valence-corrected chi connectivity index (χ3v) is 4.00. The molecule has 3 aromatic rings. The van der Waals surface area contributed by atoms with Gasteiger partial charge >= 0.3 is 0 Å². The normalized spacial score (nSPS) is 13.0. The van der Waals surface area contributed by atoms with E-state index in [9.17, 15) is 0 Å². The zero-order valence-electron chi connectivity index (χ0n) is 11.6. The summed E-state index contributed by atoms with van der Waals surface area (Å²) < 4.78 is 5.30. The number of benzene rings is 1. The van der Waals surface area contributed by atoms with E-state index in [1.807, 2.05) is 6.07 Å². The van der Waals surface area contributed by atoms with Crippen LogP contribution in [0.2, 0.25) is 0 Å². The average Bonchev–Trinajstić information content (AvgIpc) is 2.85. The summed E-state index contributed by atoms with van der Waals surface area (Å²) in [6, 6.07) is 6.10. The lowest BCUT2D eigenvalue weighted by atomic mass is 9.88. The van der Waals surface area contributed by atoms with E-state index in [4.69, 9.17) is 16.2 Å². The fourth-order valence-electron chi connectivity index (χ4n) is 3.08. The van der Waals surface area contributed by atoms with E-state index in [1.165, 1.54) is 5.56 Å². The van der Waals surface area contributed by atoms with Crippen LogP contribution in [0.3, 0.4) is 0 Å². The molecule has 1 aliphatic carbocycles. The van der Waals surface area contributed by atoms with Gasteiger partial charge in [-0.05, 0) is 36.1 Å². The molecule has 21 heavy (non-hydrogen) atoms. The van der Waals surface area contributed by atoms with Crippen LogP contribution < -0.4 is 16.2 Å². The van der Waals surface area contributed by atoms with E-state index in [-0.39, 0.29) is 5.95 Å². The summed E-state index contributed by atoms with van der Waals surface area (Å²) in [6.45, 7) is 0. The number of nitrogen functional groups attached to an aromatic ring is 2. The van der Waals surface area contributed by atoms with Crippen molar-refractivity contribution in [3.63, 3.8) is 0 Å². The van der Waals surface area contributed by atoms with Crippen LogP contribution >= 0.6 is 0 Å². The molecule has 0 atom stereocenters. The Hall–Kier alpha value is -2.76. The number of aryl methyl sites for hydroxylation is 2.